The topological polar surface area (TPSA) is 420 Å². The molecule has 0 aromatic rings. The van der Waals surface area contributed by atoms with Crippen LogP contribution in [0, 0.1) is 0 Å². The Morgan fingerprint density at radius 3 is 1.12 bits per heavy atom. The molecule has 0 amide bonds. The number of nitrogens with one attached hydrogen (secondary N) is 4. The Morgan fingerprint density at radius 2 is 0.773 bits per heavy atom. The van der Waals surface area contributed by atoms with Gasteiger partial charge in [0, 0.05) is 86.2 Å². The summed E-state index contributed by atoms with van der Waals surface area (Å²) in [5, 5.41) is 13.2. The quantitative estimate of drug-likeness (QED) is 0.0143. The van der Waals surface area contributed by atoms with Crippen LogP contribution in [0.5, 0.6) is 0 Å². The number of methoxy groups -OCH3 is 3. The first-order valence-electron chi connectivity index (χ1n) is 36.0. The van der Waals surface area contributed by atoms with Gasteiger partial charge < -0.3 is 118 Å². The zero-order valence-corrected chi connectivity index (χ0v) is 72.0. The standard InChI is InChI=1S/C43H75N3O18S6.C18H28O9S3.C7H19N3/c1-32(47)20-55-14-16-57-26-40(51)61-24-36(53-3)30-69-18-8-38(49)59-22-34(28-65)63-42(67)45-12-6-5-10-44-11-7-13-46-43(68)64-35(29-66)23-60-39(50)9-19-70-31-37(54-4)25-62-41(52)27-58-17-15-56-21-33(2)48;1-13(19)7-23-4-5-24-10-17(21)26-8-14(22-2)11-29-6-3-16(20)25-9-15-12-30-18(28)27-15;8-4-1-2-6-10-7-3-5-9/h34-37,44,65-66H,5-31H2,1-4H3,(H,45,67)(H,46,68);14-15H,3-12H2,1-2H3;10H,1-9H2. The SMILES string of the molecule is COC(COC(=O)COCCOCC(C)=O)CSCCC(=O)OCC(CS)OC(=S)NCCCCNCCCNC(=S)OC(CS)COC(=O)CCSCC(COC(=O)COCCOCC(C)=O)OC.COC(COC(=O)COCCOCC(C)=O)CSCCC(=O)OCC1CSC(=S)O1.NCCCCNCCCN. The summed E-state index contributed by atoms with van der Waals surface area (Å²) in [5.41, 5.74) is 10.6. The van der Waals surface area contributed by atoms with Crippen molar-refractivity contribution < 1.29 is 128 Å². The predicted molar refractivity (Wildman–Crippen MR) is 441 cm³/mol. The van der Waals surface area contributed by atoms with Crippen LogP contribution in [0.4, 0.5) is 0 Å². The van der Waals surface area contributed by atoms with Gasteiger partial charge in [-0.3, -0.25) is 28.8 Å². The average molecular weight is 1740 g/mol. The average Bonchev–Trinajstić information content (AvgIpc) is 1.69. The summed E-state index contributed by atoms with van der Waals surface area (Å²) in [6.45, 7) is 11.6. The Morgan fingerprint density at radius 1 is 0.455 bits per heavy atom. The molecule has 1 aliphatic heterocycles. The Labute approximate surface area is 692 Å². The number of carbonyl (C=O) groups excluding carboxylic acids is 9. The minimum absolute atomic E-state index is 0.00000788. The number of carbonyl (C=O) groups is 9. The predicted octanol–water partition coefficient (Wildman–Crippen LogP) is 2.73. The highest BCUT2D eigenvalue weighted by Crippen LogP contribution is 2.20. The van der Waals surface area contributed by atoms with Crippen molar-refractivity contribution in [3.8, 4) is 0 Å². The number of thiol groups is 2. The van der Waals surface area contributed by atoms with E-state index >= 15 is 0 Å². The summed E-state index contributed by atoms with van der Waals surface area (Å²) in [4.78, 5) is 104. The van der Waals surface area contributed by atoms with E-state index in [1.165, 1.54) is 95.6 Å². The van der Waals surface area contributed by atoms with Gasteiger partial charge in [0.1, 0.15) is 116 Å². The molecule has 1 aliphatic rings. The Kier molecular flexibility index (Phi) is 78.6. The van der Waals surface area contributed by atoms with E-state index in [1.807, 2.05) is 0 Å². The first-order chi connectivity index (χ1) is 53.0. The lowest BCUT2D eigenvalue weighted by atomic mass is 10.3. The molecule has 0 aromatic carbocycles. The third-order valence-electron chi connectivity index (χ3n) is 13.4. The summed E-state index contributed by atoms with van der Waals surface area (Å²) in [5.74, 6) is 1.43. The second-order valence-corrected chi connectivity index (χ2v) is 29.9. The zero-order chi connectivity index (χ0) is 81.9. The first kappa shape index (κ1) is 109. The fraction of sp³-hybridized carbons (Fsp3) is 0.824. The van der Waals surface area contributed by atoms with Gasteiger partial charge in [-0.15, -0.1) is 0 Å². The lowest BCUT2D eigenvalue weighted by Crippen LogP contribution is -2.34. The Balaban J connectivity index is 0. The van der Waals surface area contributed by atoms with Gasteiger partial charge in [-0.2, -0.15) is 60.5 Å². The highest BCUT2D eigenvalue weighted by Gasteiger charge is 2.24. The maximum absolute atomic E-state index is 12.3. The van der Waals surface area contributed by atoms with Crippen LogP contribution in [-0.2, 0) is 128 Å². The molecule has 1 heterocycles. The van der Waals surface area contributed by atoms with Gasteiger partial charge in [0.05, 0.1) is 58.9 Å². The van der Waals surface area contributed by atoms with Crippen molar-refractivity contribution in [1.29, 1.82) is 0 Å². The summed E-state index contributed by atoms with van der Waals surface area (Å²) in [7, 11) is 4.55. The third kappa shape index (κ3) is 76.0. The van der Waals surface area contributed by atoms with Crippen LogP contribution in [0.3, 0.4) is 0 Å². The molecular formula is C68H122N6O27S9. The number of ketones is 3. The van der Waals surface area contributed by atoms with E-state index in [-0.39, 0.29) is 196 Å². The molecule has 1 saturated heterocycles. The van der Waals surface area contributed by atoms with E-state index < -0.39 is 42.1 Å². The molecule has 0 aromatic heterocycles. The Hall–Kier alpha value is -3.32. The van der Waals surface area contributed by atoms with E-state index in [2.05, 4.69) is 46.5 Å². The third-order valence-corrected chi connectivity index (χ3v) is 19.3. The lowest BCUT2D eigenvalue weighted by Gasteiger charge is -2.18. The van der Waals surface area contributed by atoms with Gasteiger partial charge in [0.25, 0.3) is 10.3 Å². The molecule has 0 bridgehead atoms. The van der Waals surface area contributed by atoms with Gasteiger partial charge in [-0.05, 0) is 135 Å². The normalized spacial score (nSPS) is 13.6. The van der Waals surface area contributed by atoms with E-state index in [0.29, 0.717) is 69.2 Å². The largest absolute Gasteiger partial charge is 0.471 e. The molecule has 8 N–H and O–H groups in total. The van der Waals surface area contributed by atoms with Crippen LogP contribution in [-0.4, -0.2) is 349 Å². The van der Waals surface area contributed by atoms with Gasteiger partial charge in [0.2, 0.25) is 4.38 Å². The molecule has 110 heavy (non-hydrogen) atoms. The van der Waals surface area contributed by atoms with Crippen molar-refractivity contribution in [2.24, 2.45) is 11.5 Å². The zero-order valence-electron chi connectivity index (χ0n) is 64.5. The van der Waals surface area contributed by atoms with Gasteiger partial charge in [0.15, 0.2) is 17.3 Å². The molecule has 0 aliphatic carbocycles. The van der Waals surface area contributed by atoms with Crippen LogP contribution in [0.1, 0.15) is 78.6 Å². The van der Waals surface area contributed by atoms with Gasteiger partial charge in [-0.1, -0.05) is 11.8 Å². The lowest BCUT2D eigenvalue weighted by molar-refractivity contribution is -0.153. The van der Waals surface area contributed by atoms with Crippen molar-refractivity contribution in [1.82, 2.24) is 21.3 Å². The first-order valence-corrected chi connectivity index (χ1v) is 42.9. The number of ether oxygens (including phenoxy) is 18. The maximum atomic E-state index is 12.3. The number of hydrogen-bond donors (Lipinski definition) is 8. The van der Waals surface area contributed by atoms with Crippen LogP contribution in [0.15, 0.2) is 0 Å². The maximum Gasteiger partial charge on any atom is 0.332 e. The summed E-state index contributed by atoms with van der Waals surface area (Å²) in [6.07, 6.45) is 4.29. The van der Waals surface area contributed by atoms with Crippen molar-refractivity contribution in [3.63, 3.8) is 0 Å². The smallest absolute Gasteiger partial charge is 0.332 e. The highest BCUT2D eigenvalue weighted by atomic mass is 32.2. The van der Waals surface area contributed by atoms with Crippen molar-refractivity contribution in [2.45, 2.75) is 115 Å². The van der Waals surface area contributed by atoms with Crippen LogP contribution in [0.25, 0.3) is 0 Å². The minimum atomic E-state index is -0.546. The molecule has 1 rings (SSSR count). The molecule has 0 spiro atoms. The summed E-state index contributed by atoms with van der Waals surface area (Å²) < 4.78 is 95.1. The number of nitrogens with two attached hydrogens (primary N) is 2. The molecule has 0 radical (unpaired) electrons. The summed E-state index contributed by atoms with van der Waals surface area (Å²) >= 11 is 29.9. The Bertz CT molecular complexity index is 2340. The highest BCUT2D eigenvalue weighted by molar-refractivity contribution is 8.22. The van der Waals surface area contributed by atoms with E-state index in [0.717, 1.165) is 71.4 Å². The minimum Gasteiger partial charge on any atom is -0.471 e. The van der Waals surface area contributed by atoms with Crippen molar-refractivity contribution in [2.75, 3.05) is 244 Å². The number of thiocarbonyl (C=S) groups is 3. The molecule has 6 atom stereocenters. The molecule has 0 saturated carbocycles. The van der Waals surface area contributed by atoms with Crippen LogP contribution >= 0.6 is 109 Å². The van der Waals surface area contributed by atoms with Gasteiger partial charge in [-0.25, -0.2) is 14.4 Å². The van der Waals surface area contributed by atoms with Gasteiger partial charge >= 0.3 is 35.8 Å². The molecule has 6 unspecified atom stereocenters. The molecule has 640 valence electrons. The number of unbranched alkanes of at least 4 members (excludes halogenated alkanes) is 2. The number of hydrogen-bond acceptors (Lipinski definition) is 40. The van der Waals surface area contributed by atoms with E-state index in [9.17, 15) is 43.2 Å². The molecular weight excluding hydrogens is 1620 g/mol. The number of esters is 6. The molecule has 42 heteroatoms. The fourth-order valence-electron chi connectivity index (χ4n) is 7.51. The second-order valence-electron chi connectivity index (χ2n) is 23.3. The number of rotatable bonds is 71. The number of Topliss-reactive ketones (excluding diaryl/α,β-unsaturated/α-hetero) is 3. The fourth-order valence-corrected chi connectivity index (χ4v) is 12.3. The summed E-state index contributed by atoms with van der Waals surface area (Å²) in [6, 6.07) is 0. The van der Waals surface area contributed by atoms with E-state index in [1.54, 1.807) is 0 Å². The number of thioether (sulfide) groups is 4. The van der Waals surface area contributed by atoms with Crippen molar-refractivity contribution >= 4 is 177 Å². The van der Waals surface area contributed by atoms with Crippen LogP contribution in [0.2, 0.25) is 0 Å². The van der Waals surface area contributed by atoms with Crippen molar-refractivity contribution in [3.05, 3.63) is 0 Å². The van der Waals surface area contributed by atoms with Crippen LogP contribution < -0.4 is 32.7 Å². The molecule has 33 nitrogen and oxygen atoms in total. The van der Waals surface area contributed by atoms with E-state index in [4.69, 9.17) is 133 Å². The second kappa shape index (κ2) is 79.5. The monoisotopic (exact) mass is 1740 g/mol. The molecule has 1 fully saturated rings.